The number of aliphatic hydroxyl groups excluding tert-OH is 1. The number of nitrogens with one attached hydrogen (secondary N) is 7. The van der Waals surface area contributed by atoms with Gasteiger partial charge >= 0.3 is 0 Å². The predicted octanol–water partition coefficient (Wildman–Crippen LogP) is 0.690. The maximum absolute atomic E-state index is 14.3. The monoisotopic (exact) mass is 999 g/mol. The molecule has 1 heterocycles. The third-order valence-corrected chi connectivity index (χ3v) is 12.3. The summed E-state index contributed by atoms with van der Waals surface area (Å²) in [5.41, 5.74) is 18.4. The van der Waals surface area contributed by atoms with E-state index < -0.39 is 114 Å². The second kappa shape index (κ2) is 34.1. The van der Waals surface area contributed by atoms with Crippen LogP contribution < -0.4 is 54.4 Å². The molecule has 1 aromatic carbocycles. The minimum atomic E-state index is -1.25. The molecule has 0 radical (unpaired) electrons. The number of carbonyl (C=O) groups excluding carboxylic acids is 9. The Hall–Kier alpha value is -5.31. The number of amides is 7. The summed E-state index contributed by atoms with van der Waals surface area (Å²) in [5.74, 6) is -7.96. The number of rotatable bonds is 24. The van der Waals surface area contributed by atoms with Crippen LogP contribution in [0.5, 0.6) is 0 Å². The van der Waals surface area contributed by atoms with Crippen LogP contribution in [0.2, 0.25) is 0 Å². The van der Waals surface area contributed by atoms with E-state index in [2.05, 4.69) is 44.1 Å². The Morgan fingerprint density at radius 2 is 1.17 bits per heavy atom. The van der Waals surface area contributed by atoms with Crippen molar-refractivity contribution in [3.63, 3.8) is 0 Å². The second-order valence-electron chi connectivity index (χ2n) is 19.7. The second-order valence-corrected chi connectivity index (χ2v) is 19.7. The van der Waals surface area contributed by atoms with Gasteiger partial charge in [-0.1, -0.05) is 97.1 Å². The molecule has 0 aliphatic carbocycles. The van der Waals surface area contributed by atoms with Crippen LogP contribution >= 0.6 is 0 Å². The van der Waals surface area contributed by atoms with Crippen LogP contribution in [0.3, 0.4) is 0 Å². The lowest BCUT2D eigenvalue weighted by Crippen LogP contribution is -2.59. The van der Waals surface area contributed by atoms with Gasteiger partial charge in [-0.25, -0.2) is 0 Å². The van der Waals surface area contributed by atoms with Gasteiger partial charge in [0.2, 0.25) is 41.4 Å². The minimum absolute atomic E-state index is 0.00597. The molecule has 20 heteroatoms. The molecule has 20 nitrogen and oxygen atoms in total. The molecule has 1 aliphatic rings. The first-order valence-corrected chi connectivity index (χ1v) is 25.7. The van der Waals surface area contributed by atoms with Gasteiger partial charge in [0.25, 0.3) is 0 Å². The van der Waals surface area contributed by atoms with Crippen LogP contribution in [-0.4, -0.2) is 127 Å². The number of hydrogen-bond acceptors (Lipinski definition) is 13. The van der Waals surface area contributed by atoms with E-state index in [4.69, 9.17) is 17.2 Å². The molecule has 1 aromatic rings. The van der Waals surface area contributed by atoms with Crippen LogP contribution in [0.1, 0.15) is 136 Å². The number of hydrogen-bond donors (Lipinski definition) is 11. The van der Waals surface area contributed by atoms with Gasteiger partial charge in [-0.2, -0.15) is 0 Å². The zero-order valence-electron chi connectivity index (χ0n) is 42.9. The van der Waals surface area contributed by atoms with Gasteiger partial charge in [-0.15, -0.1) is 0 Å². The maximum Gasteiger partial charge on any atom is 0.243 e. The average molecular weight is 999 g/mol. The lowest BCUT2D eigenvalue weighted by molar-refractivity contribution is -0.136. The molecule has 0 aromatic heterocycles. The Bertz CT molecular complexity index is 1850. The van der Waals surface area contributed by atoms with Crippen molar-refractivity contribution >= 4 is 52.9 Å². The van der Waals surface area contributed by atoms with Crippen LogP contribution in [0, 0.1) is 23.7 Å². The minimum Gasteiger partial charge on any atom is -0.393 e. The number of Topliss-reactive ketones (excluding diaryl/α,β-unsaturated/α-hetero) is 2. The smallest absolute Gasteiger partial charge is 0.243 e. The highest BCUT2D eigenvalue weighted by atomic mass is 16.3. The SMILES string of the molecule is CCCCCCC[C@@H](O)CC(=O)NCC(=O)C[C@H]1CCNC(=O)[C@H](CC(C)C)NC(=O)[C@H](CCN)NC(=O)[C@H](CCN)NC(=O)[C@H](Cc2ccccc2)NC(=O)[C@@H](CC(C)C)CC(=O)[C@H](CCN)NC1=O. The molecule has 0 spiro atoms. The molecule has 1 aliphatic heterocycles. The van der Waals surface area contributed by atoms with Crippen molar-refractivity contribution < 1.29 is 48.3 Å². The van der Waals surface area contributed by atoms with Crippen LogP contribution in [0.25, 0.3) is 0 Å². The highest BCUT2D eigenvalue weighted by Crippen LogP contribution is 2.20. The zero-order valence-corrected chi connectivity index (χ0v) is 42.9. The summed E-state index contributed by atoms with van der Waals surface area (Å²) in [6.07, 6.45) is 3.77. The Morgan fingerprint density at radius 3 is 1.75 bits per heavy atom. The van der Waals surface area contributed by atoms with Gasteiger partial charge < -0.3 is 59.5 Å². The van der Waals surface area contributed by atoms with Gasteiger partial charge in [0.05, 0.1) is 25.1 Å². The van der Waals surface area contributed by atoms with E-state index in [0.717, 1.165) is 32.1 Å². The summed E-state index contributed by atoms with van der Waals surface area (Å²) < 4.78 is 0. The number of ketones is 2. The largest absolute Gasteiger partial charge is 0.393 e. The lowest BCUT2D eigenvalue weighted by atomic mass is 9.88. The topological polar surface area (TPSA) is 336 Å². The van der Waals surface area contributed by atoms with Crippen molar-refractivity contribution in [2.24, 2.45) is 40.9 Å². The number of carbonyl (C=O) groups is 9. The standard InChI is InChI=1S/C51H86N10O10/c1-6-7-8-9-13-16-37(62)30-45(65)56-31-38(63)28-35-20-24-55-48(68)42(26-33(4)5)61-50(70)41(19-23-54)58-49(69)40(18-22-53)59-51(71)43(27-34-14-11-10-12-15-34)60-47(67)36(25-32(2)3)29-44(64)39(17-21-52)57-46(35)66/h10-12,14-15,32-33,35-37,39-43,62H,6-9,13,16-31,52-54H2,1-5H3,(H,55,68)(H,56,65)(H,57,66)(H,58,69)(H,59,71)(H,60,67)(H,61,70)/t35-,36+,37-,39+,40+,41+,42+,43+/m1/s1. The van der Waals surface area contributed by atoms with E-state index >= 15 is 0 Å². The molecule has 71 heavy (non-hydrogen) atoms. The van der Waals surface area contributed by atoms with E-state index in [1.54, 1.807) is 30.3 Å². The van der Waals surface area contributed by atoms with E-state index in [9.17, 15) is 48.3 Å². The van der Waals surface area contributed by atoms with E-state index in [0.29, 0.717) is 12.0 Å². The number of unbranched alkanes of at least 4 members (excludes halogenated alkanes) is 4. The van der Waals surface area contributed by atoms with Crippen LogP contribution in [0.4, 0.5) is 0 Å². The fourth-order valence-electron chi connectivity index (χ4n) is 8.48. The van der Waals surface area contributed by atoms with Crippen molar-refractivity contribution in [1.29, 1.82) is 0 Å². The summed E-state index contributed by atoms with van der Waals surface area (Å²) in [6.45, 7) is 8.86. The van der Waals surface area contributed by atoms with Gasteiger partial charge in [-0.05, 0) is 82.0 Å². The fraction of sp³-hybridized carbons (Fsp3) is 0.706. The molecule has 7 amide bonds. The van der Waals surface area contributed by atoms with Crippen LogP contribution in [-0.2, 0) is 49.6 Å². The van der Waals surface area contributed by atoms with Crippen molar-refractivity contribution in [3.05, 3.63) is 35.9 Å². The third kappa shape index (κ3) is 24.6. The molecule has 0 unspecified atom stereocenters. The molecule has 0 saturated carbocycles. The predicted molar refractivity (Wildman–Crippen MR) is 271 cm³/mol. The molecule has 1 saturated heterocycles. The molecular weight excluding hydrogens is 913 g/mol. The van der Waals surface area contributed by atoms with E-state index in [1.807, 2.05) is 27.7 Å². The quantitative estimate of drug-likeness (QED) is 0.0636. The molecule has 8 atom stereocenters. The first-order valence-electron chi connectivity index (χ1n) is 25.7. The summed E-state index contributed by atoms with van der Waals surface area (Å²) in [6, 6.07) is 2.86. The Morgan fingerprint density at radius 1 is 0.648 bits per heavy atom. The highest BCUT2D eigenvalue weighted by Gasteiger charge is 2.35. The van der Waals surface area contributed by atoms with E-state index in [-0.39, 0.29) is 95.8 Å². The molecule has 14 N–H and O–H groups in total. The normalized spacial score (nSPS) is 23.2. The van der Waals surface area contributed by atoms with Gasteiger partial charge in [0.15, 0.2) is 11.6 Å². The summed E-state index contributed by atoms with van der Waals surface area (Å²) in [5, 5.41) is 29.4. The van der Waals surface area contributed by atoms with E-state index in [1.165, 1.54) is 0 Å². The Labute approximate surface area is 420 Å². The first kappa shape index (κ1) is 61.8. The van der Waals surface area contributed by atoms with Crippen molar-refractivity contribution in [2.75, 3.05) is 32.7 Å². The average Bonchev–Trinajstić information content (AvgIpc) is 3.31. The third-order valence-electron chi connectivity index (χ3n) is 12.3. The molecule has 0 bridgehead atoms. The van der Waals surface area contributed by atoms with Crippen molar-refractivity contribution in [2.45, 2.75) is 174 Å². The Kier molecular flexibility index (Phi) is 29.7. The van der Waals surface area contributed by atoms with Crippen LogP contribution in [0.15, 0.2) is 30.3 Å². The lowest BCUT2D eigenvalue weighted by Gasteiger charge is -2.27. The number of benzene rings is 1. The highest BCUT2D eigenvalue weighted by molar-refractivity contribution is 5.97. The fourth-order valence-corrected chi connectivity index (χ4v) is 8.48. The molecule has 1 fully saturated rings. The maximum atomic E-state index is 14.3. The van der Waals surface area contributed by atoms with Crippen molar-refractivity contribution in [3.8, 4) is 0 Å². The van der Waals surface area contributed by atoms with Gasteiger partial charge in [-0.3, -0.25) is 43.2 Å². The molecular formula is C51H86N10O10. The van der Waals surface area contributed by atoms with Gasteiger partial charge in [0, 0.05) is 37.6 Å². The summed E-state index contributed by atoms with van der Waals surface area (Å²) in [7, 11) is 0. The van der Waals surface area contributed by atoms with Crippen molar-refractivity contribution in [1.82, 2.24) is 37.2 Å². The zero-order chi connectivity index (χ0) is 52.9. The number of nitrogens with two attached hydrogens (primary N) is 3. The summed E-state index contributed by atoms with van der Waals surface area (Å²) in [4.78, 5) is 125. The first-order chi connectivity index (χ1) is 33.8. The molecule has 2 rings (SSSR count). The molecule has 400 valence electrons. The van der Waals surface area contributed by atoms with Gasteiger partial charge in [0.1, 0.15) is 24.2 Å². The summed E-state index contributed by atoms with van der Waals surface area (Å²) >= 11 is 0. The Balaban J connectivity index is 2.58. The number of aliphatic hydroxyl groups is 1.